The van der Waals surface area contributed by atoms with Crippen molar-refractivity contribution in [2.24, 2.45) is 0 Å². The van der Waals surface area contributed by atoms with E-state index in [1.807, 2.05) is 5.32 Å². The molecule has 0 bridgehead atoms. The SMILES string of the molecule is COC(=O)C(NC(=O)OC(C)(C)C)C(=O)c1cccc(C(F)(F)F)c1. The first-order valence-corrected chi connectivity index (χ1v) is 7.14. The fourth-order valence-electron chi connectivity index (χ4n) is 1.79. The zero-order valence-electron chi connectivity index (χ0n) is 14.1. The lowest BCUT2D eigenvalue weighted by Gasteiger charge is -2.22. The Hall–Kier alpha value is -2.58. The molecule has 0 heterocycles. The Labute approximate surface area is 142 Å². The van der Waals surface area contributed by atoms with E-state index in [1.54, 1.807) is 20.8 Å². The number of carbonyl (C=O) groups excluding carboxylic acids is 3. The van der Waals surface area contributed by atoms with Gasteiger partial charge in [-0.1, -0.05) is 12.1 Å². The standard InChI is InChI=1S/C16H18F3NO5/c1-15(2,3)25-14(23)20-11(13(22)24-4)12(21)9-6-5-7-10(8-9)16(17,18)19/h5-8,11H,1-4H3,(H,20,23). The Morgan fingerprint density at radius 2 is 1.72 bits per heavy atom. The topological polar surface area (TPSA) is 81.7 Å². The minimum Gasteiger partial charge on any atom is -0.467 e. The molecule has 6 nitrogen and oxygen atoms in total. The molecule has 1 atom stereocenters. The first-order chi connectivity index (χ1) is 11.3. The van der Waals surface area contributed by atoms with Crippen molar-refractivity contribution in [1.82, 2.24) is 5.32 Å². The number of methoxy groups -OCH3 is 1. The number of hydrogen-bond donors (Lipinski definition) is 1. The molecule has 0 aromatic heterocycles. The van der Waals surface area contributed by atoms with Crippen molar-refractivity contribution in [3.8, 4) is 0 Å². The minimum absolute atomic E-state index is 0.402. The van der Waals surface area contributed by atoms with Gasteiger partial charge in [-0.3, -0.25) is 4.79 Å². The highest BCUT2D eigenvalue weighted by molar-refractivity contribution is 6.13. The third-order valence-corrected chi connectivity index (χ3v) is 2.83. The van der Waals surface area contributed by atoms with Crippen molar-refractivity contribution in [3.63, 3.8) is 0 Å². The molecule has 0 saturated heterocycles. The molecule has 0 radical (unpaired) electrons. The van der Waals surface area contributed by atoms with Crippen LogP contribution in [0.15, 0.2) is 24.3 Å². The lowest BCUT2D eigenvalue weighted by atomic mass is 10.0. The number of halogens is 3. The summed E-state index contributed by atoms with van der Waals surface area (Å²) in [6.45, 7) is 4.69. The van der Waals surface area contributed by atoms with Gasteiger partial charge in [-0.05, 0) is 32.9 Å². The molecule has 0 spiro atoms. The average molecular weight is 361 g/mol. The maximum atomic E-state index is 12.8. The van der Waals surface area contributed by atoms with E-state index >= 15 is 0 Å². The van der Waals surface area contributed by atoms with Crippen LogP contribution in [0.4, 0.5) is 18.0 Å². The molecule has 1 aromatic carbocycles. The number of amides is 1. The van der Waals surface area contributed by atoms with E-state index in [1.165, 1.54) is 0 Å². The minimum atomic E-state index is -4.66. The Bertz CT molecular complexity index is 664. The Morgan fingerprint density at radius 3 is 2.20 bits per heavy atom. The molecule has 1 N–H and O–H groups in total. The van der Waals surface area contributed by atoms with Gasteiger partial charge in [-0.15, -0.1) is 0 Å². The molecular formula is C16H18F3NO5. The average Bonchev–Trinajstić information content (AvgIpc) is 2.48. The lowest BCUT2D eigenvalue weighted by Crippen LogP contribution is -2.48. The number of hydrogen-bond acceptors (Lipinski definition) is 5. The summed E-state index contributed by atoms with van der Waals surface area (Å²) in [5, 5.41) is 2.01. The maximum absolute atomic E-state index is 12.8. The van der Waals surface area contributed by atoms with E-state index in [2.05, 4.69) is 4.74 Å². The molecule has 1 aromatic rings. The number of carbonyl (C=O) groups is 3. The number of rotatable bonds is 4. The number of benzene rings is 1. The lowest BCUT2D eigenvalue weighted by molar-refractivity contribution is -0.141. The highest BCUT2D eigenvalue weighted by Gasteiger charge is 2.35. The van der Waals surface area contributed by atoms with Gasteiger partial charge in [0.05, 0.1) is 12.7 Å². The second kappa shape index (κ2) is 7.54. The maximum Gasteiger partial charge on any atom is 0.416 e. The number of ether oxygens (including phenoxy) is 2. The molecule has 9 heteroatoms. The fourth-order valence-corrected chi connectivity index (χ4v) is 1.79. The summed E-state index contributed by atoms with van der Waals surface area (Å²) in [5.74, 6) is -2.18. The molecule has 0 aliphatic heterocycles. The quantitative estimate of drug-likeness (QED) is 0.507. The van der Waals surface area contributed by atoms with Gasteiger partial charge < -0.3 is 14.8 Å². The van der Waals surface area contributed by atoms with Crippen molar-refractivity contribution < 1.29 is 37.0 Å². The van der Waals surface area contributed by atoms with Crippen molar-refractivity contribution in [1.29, 1.82) is 0 Å². The predicted molar refractivity (Wildman–Crippen MR) is 80.9 cm³/mol. The van der Waals surface area contributed by atoms with Crippen molar-refractivity contribution in [2.75, 3.05) is 7.11 Å². The second-order valence-electron chi connectivity index (χ2n) is 6.05. The number of nitrogens with one attached hydrogen (secondary N) is 1. The Balaban J connectivity index is 3.10. The summed E-state index contributed by atoms with van der Waals surface area (Å²) in [6, 6.07) is 1.67. The van der Waals surface area contributed by atoms with Crippen LogP contribution in [0, 0.1) is 0 Å². The van der Waals surface area contributed by atoms with E-state index in [9.17, 15) is 27.6 Å². The summed E-state index contributed by atoms with van der Waals surface area (Å²) in [6.07, 6.45) is -5.74. The summed E-state index contributed by atoms with van der Waals surface area (Å²) in [5.41, 5.74) is -2.36. The molecule has 138 valence electrons. The highest BCUT2D eigenvalue weighted by atomic mass is 19.4. The van der Waals surface area contributed by atoms with Gasteiger partial charge in [0.2, 0.25) is 0 Å². The normalized spacial score (nSPS) is 12.9. The van der Waals surface area contributed by atoms with Crippen molar-refractivity contribution >= 4 is 17.8 Å². The van der Waals surface area contributed by atoms with Crippen LogP contribution in [0.5, 0.6) is 0 Å². The van der Waals surface area contributed by atoms with Crippen LogP contribution in [0.1, 0.15) is 36.7 Å². The number of alkyl carbamates (subject to hydrolysis) is 1. The zero-order chi connectivity index (χ0) is 19.4. The van der Waals surface area contributed by atoms with Crippen LogP contribution >= 0.6 is 0 Å². The summed E-state index contributed by atoms with van der Waals surface area (Å²) < 4.78 is 47.6. The molecule has 0 aliphatic rings. The zero-order valence-corrected chi connectivity index (χ0v) is 14.1. The van der Waals surface area contributed by atoms with E-state index in [0.717, 1.165) is 25.3 Å². The third kappa shape index (κ3) is 6.09. The van der Waals surface area contributed by atoms with E-state index < -0.39 is 46.8 Å². The number of alkyl halides is 3. The number of esters is 1. The van der Waals surface area contributed by atoms with Crippen LogP contribution in [0.3, 0.4) is 0 Å². The van der Waals surface area contributed by atoms with Crippen LogP contribution in [0.2, 0.25) is 0 Å². The first kappa shape index (κ1) is 20.5. The number of Topliss-reactive ketones (excluding diaryl/α,β-unsaturated/α-hetero) is 1. The van der Waals surface area contributed by atoms with Crippen LogP contribution < -0.4 is 5.32 Å². The monoisotopic (exact) mass is 361 g/mol. The molecule has 1 unspecified atom stereocenters. The Kier molecular flexibility index (Phi) is 6.17. The molecule has 0 fully saturated rings. The van der Waals surface area contributed by atoms with Crippen molar-refractivity contribution in [3.05, 3.63) is 35.4 Å². The second-order valence-corrected chi connectivity index (χ2v) is 6.05. The molecule has 0 saturated carbocycles. The van der Waals surface area contributed by atoms with Crippen LogP contribution in [-0.2, 0) is 20.4 Å². The third-order valence-electron chi connectivity index (χ3n) is 2.83. The van der Waals surface area contributed by atoms with Gasteiger partial charge in [0.15, 0.2) is 11.8 Å². The molecular weight excluding hydrogens is 343 g/mol. The summed E-state index contributed by atoms with van der Waals surface area (Å²) >= 11 is 0. The molecule has 25 heavy (non-hydrogen) atoms. The smallest absolute Gasteiger partial charge is 0.416 e. The van der Waals surface area contributed by atoms with Gasteiger partial charge in [0.1, 0.15) is 5.60 Å². The largest absolute Gasteiger partial charge is 0.467 e. The van der Waals surface area contributed by atoms with Gasteiger partial charge in [-0.25, -0.2) is 9.59 Å². The molecule has 1 rings (SSSR count). The van der Waals surface area contributed by atoms with Crippen LogP contribution in [-0.4, -0.2) is 36.6 Å². The van der Waals surface area contributed by atoms with Crippen LogP contribution in [0.25, 0.3) is 0 Å². The van der Waals surface area contributed by atoms with Gasteiger partial charge in [-0.2, -0.15) is 13.2 Å². The van der Waals surface area contributed by atoms with Gasteiger partial charge in [0, 0.05) is 5.56 Å². The Morgan fingerprint density at radius 1 is 1.12 bits per heavy atom. The molecule has 0 aliphatic carbocycles. The van der Waals surface area contributed by atoms with E-state index in [-0.39, 0.29) is 0 Å². The van der Waals surface area contributed by atoms with E-state index in [0.29, 0.717) is 6.07 Å². The highest BCUT2D eigenvalue weighted by Crippen LogP contribution is 2.29. The summed E-state index contributed by atoms with van der Waals surface area (Å²) in [4.78, 5) is 35.9. The van der Waals surface area contributed by atoms with E-state index in [4.69, 9.17) is 4.74 Å². The van der Waals surface area contributed by atoms with Crippen molar-refractivity contribution in [2.45, 2.75) is 38.6 Å². The summed E-state index contributed by atoms with van der Waals surface area (Å²) in [7, 11) is 0.978. The predicted octanol–water partition coefficient (Wildman–Crippen LogP) is 2.95. The fraction of sp³-hybridized carbons (Fsp3) is 0.438. The molecule has 1 amide bonds. The first-order valence-electron chi connectivity index (χ1n) is 7.14. The van der Waals surface area contributed by atoms with Gasteiger partial charge in [0.25, 0.3) is 0 Å². The van der Waals surface area contributed by atoms with Gasteiger partial charge >= 0.3 is 18.2 Å². The number of ketones is 1.